The molecule has 1 aromatic heterocycles. The van der Waals surface area contributed by atoms with Gasteiger partial charge in [0.1, 0.15) is 29.8 Å². The monoisotopic (exact) mass is 606 g/mol. The molecule has 2 unspecified atom stereocenters. The highest BCUT2D eigenvalue weighted by atomic mass is 79.9. The number of carbonyl (C=O) groups is 1. The summed E-state index contributed by atoms with van der Waals surface area (Å²) < 4.78 is 52.0. The molecule has 3 rings (SSSR count). The Balaban J connectivity index is 1.81. The molecular formula is C22H29BrFN4O8P. The number of benzene rings is 1. The number of esters is 1. The minimum Gasteiger partial charge on any atom is -0.462 e. The van der Waals surface area contributed by atoms with E-state index in [1.165, 1.54) is 25.3 Å². The maximum absolute atomic E-state index is 15.6. The molecule has 0 saturated carbocycles. The summed E-state index contributed by atoms with van der Waals surface area (Å²) in [7, 11) is -4.30. The number of carbonyl (C=O) groups excluding carboxylic acids is 1. The summed E-state index contributed by atoms with van der Waals surface area (Å²) in [4.78, 5) is 28.2. The zero-order valence-corrected chi connectivity index (χ0v) is 23.0. The van der Waals surface area contributed by atoms with E-state index in [9.17, 15) is 19.3 Å². The molecule has 204 valence electrons. The second-order valence-electron chi connectivity index (χ2n) is 8.82. The lowest BCUT2D eigenvalue weighted by Crippen LogP contribution is -2.43. The Bertz CT molecular complexity index is 1210. The van der Waals surface area contributed by atoms with Gasteiger partial charge in [-0.15, -0.1) is 0 Å². The topological polar surface area (TPSA) is 164 Å². The van der Waals surface area contributed by atoms with Crippen LogP contribution in [0.1, 0.15) is 33.9 Å². The zero-order chi connectivity index (χ0) is 27.5. The summed E-state index contributed by atoms with van der Waals surface area (Å²) in [6.07, 6.45) is -4.00. The predicted octanol–water partition coefficient (Wildman–Crippen LogP) is 2.71. The molecule has 0 amide bonds. The summed E-state index contributed by atoms with van der Waals surface area (Å²) in [5.41, 5.74) is 2.22. The van der Waals surface area contributed by atoms with Gasteiger partial charge in [-0.3, -0.25) is 13.9 Å². The van der Waals surface area contributed by atoms with Crippen molar-refractivity contribution in [2.75, 3.05) is 12.3 Å². The van der Waals surface area contributed by atoms with E-state index in [-0.39, 0.29) is 16.0 Å². The maximum atomic E-state index is 15.6. The number of ether oxygens (including phenoxy) is 2. The van der Waals surface area contributed by atoms with Crippen molar-refractivity contribution in [2.45, 2.75) is 63.9 Å². The molecule has 1 aliphatic heterocycles. The standard InChI is InChI=1S/C22H29BrFN4O8P/c1-12(2)34-19(30)13(3)27-37(32,36-14-8-6-5-7-9-14)33-11-16-17(29)22(4,24)20(35-16)28-10-15(23)18(25)26-21(28)31/h5-10,12-13,16-17,20,29H,11H2,1-4H3,(H,27,32)(H2,25,26,31)/t13-,16-,17-,20?,22-,37?/m1/s1. The van der Waals surface area contributed by atoms with E-state index in [0.29, 0.717) is 0 Å². The van der Waals surface area contributed by atoms with E-state index >= 15 is 4.39 Å². The molecule has 0 bridgehead atoms. The van der Waals surface area contributed by atoms with Crippen LogP contribution in [-0.2, 0) is 23.4 Å². The van der Waals surface area contributed by atoms with E-state index in [4.69, 9.17) is 24.3 Å². The molecule has 2 aromatic rings. The highest BCUT2D eigenvalue weighted by molar-refractivity contribution is 9.10. The third-order valence-electron chi connectivity index (χ3n) is 5.34. The third kappa shape index (κ3) is 6.95. The van der Waals surface area contributed by atoms with Gasteiger partial charge < -0.3 is 24.8 Å². The number of anilines is 1. The van der Waals surface area contributed by atoms with E-state index < -0.39 is 62.3 Å². The summed E-state index contributed by atoms with van der Waals surface area (Å²) in [5.74, 6) is -0.645. The number of nitrogens with one attached hydrogen (secondary N) is 1. The van der Waals surface area contributed by atoms with Gasteiger partial charge in [-0.05, 0) is 55.8 Å². The lowest BCUT2D eigenvalue weighted by atomic mass is 9.98. The SMILES string of the molecule is CC(C)OC(=O)[C@@H](C)NP(=O)(OC[C@H]1OC(n2cc(Br)c(N)nc2=O)[C@](C)(F)[C@@H]1O)Oc1ccccc1. The Morgan fingerprint density at radius 1 is 1.38 bits per heavy atom. The smallest absolute Gasteiger partial charge is 0.459 e. The molecule has 37 heavy (non-hydrogen) atoms. The van der Waals surface area contributed by atoms with Crippen LogP contribution >= 0.6 is 23.7 Å². The molecule has 12 nitrogen and oxygen atoms in total. The van der Waals surface area contributed by atoms with Crippen molar-refractivity contribution in [3.8, 4) is 5.75 Å². The predicted molar refractivity (Wildman–Crippen MR) is 134 cm³/mol. The quantitative estimate of drug-likeness (QED) is 0.269. The fourth-order valence-corrected chi connectivity index (χ4v) is 5.29. The van der Waals surface area contributed by atoms with Crippen molar-refractivity contribution in [3.63, 3.8) is 0 Å². The van der Waals surface area contributed by atoms with Crippen molar-refractivity contribution in [1.82, 2.24) is 14.6 Å². The summed E-state index contributed by atoms with van der Waals surface area (Å²) in [6, 6.07) is 6.91. The van der Waals surface area contributed by atoms with Gasteiger partial charge in [-0.25, -0.2) is 13.8 Å². The number of aromatic nitrogens is 2. The van der Waals surface area contributed by atoms with Gasteiger partial charge in [-0.1, -0.05) is 18.2 Å². The molecule has 2 heterocycles. The molecule has 0 radical (unpaired) electrons. The Kier molecular flexibility index (Phi) is 9.14. The third-order valence-corrected chi connectivity index (χ3v) is 7.59. The average molecular weight is 607 g/mol. The Hall–Kier alpha value is -2.35. The second kappa shape index (κ2) is 11.6. The molecular weight excluding hydrogens is 578 g/mol. The molecule has 1 aliphatic rings. The molecule has 1 fully saturated rings. The van der Waals surface area contributed by atoms with E-state index in [0.717, 1.165) is 11.5 Å². The van der Waals surface area contributed by atoms with Crippen LogP contribution in [0.3, 0.4) is 0 Å². The number of aliphatic hydroxyl groups excluding tert-OH is 1. The summed E-state index contributed by atoms with van der Waals surface area (Å²) >= 11 is 3.12. The van der Waals surface area contributed by atoms with Gasteiger partial charge in [0.2, 0.25) is 0 Å². The van der Waals surface area contributed by atoms with Gasteiger partial charge >= 0.3 is 19.4 Å². The van der Waals surface area contributed by atoms with Gasteiger partial charge in [0.05, 0.1) is 17.2 Å². The van der Waals surface area contributed by atoms with Crippen molar-refractivity contribution in [1.29, 1.82) is 0 Å². The first-order valence-electron chi connectivity index (χ1n) is 11.3. The second-order valence-corrected chi connectivity index (χ2v) is 11.4. The Morgan fingerprint density at radius 3 is 2.65 bits per heavy atom. The number of rotatable bonds is 10. The van der Waals surface area contributed by atoms with Crippen molar-refractivity contribution in [2.24, 2.45) is 0 Å². The van der Waals surface area contributed by atoms with Crippen LogP contribution in [0, 0.1) is 0 Å². The molecule has 1 aromatic carbocycles. The summed E-state index contributed by atoms with van der Waals surface area (Å²) in [5, 5.41) is 13.1. The Morgan fingerprint density at radius 2 is 2.03 bits per heavy atom. The van der Waals surface area contributed by atoms with Gasteiger partial charge in [-0.2, -0.15) is 10.1 Å². The number of para-hydroxylation sites is 1. The highest BCUT2D eigenvalue weighted by Gasteiger charge is 2.56. The number of aliphatic hydroxyl groups is 1. The van der Waals surface area contributed by atoms with E-state index in [1.54, 1.807) is 32.0 Å². The maximum Gasteiger partial charge on any atom is 0.459 e. The van der Waals surface area contributed by atoms with E-state index in [1.807, 2.05) is 0 Å². The van der Waals surface area contributed by atoms with Gasteiger partial charge in [0.25, 0.3) is 0 Å². The first-order chi connectivity index (χ1) is 17.2. The van der Waals surface area contributed by atoms with Crippen LogP contribution < -0.4 is 21.0 Å². The largest absolute Gasteiger partial charge is 0.462 e. The van der Waals surface area contributed by atoms with Crippen molar-refractivity contribution < 1.29 is 37.4 Å². The number of alkyl halides is 1. The molecule has 0 spiro atoms. The number of hydrogen-bond donors (Lipinski definition) is 3. The van der Waals surface area contributed by atoms with Gasteiger partial charge in [0.15, 0.2) is 11.9 Å². The van der Waals surface area contributed by atoms with Gasteiger partial charge in [0, 0.05) is 6.20 Å². The van der Waals surface area contributed by atoms with Crippen molar-refractivity contribution in [3.05, 3.63) is 51.5 Å². The van der Waals surface area contributed by atoms with Crippen molar-refractivity contribution >= 4 is 35.5 Å². The van der Waals surface area contributed by atoms with Crippen LogP contribution in [-0.4, -0.2) is 57.3 Å². The van der Waals surface area contributed by atoms with E-state index in [2.05, 4.69) is 26.0 Å². The molecule has 0 aliphatic carbocycles. The summed E-state index contributed by atoms with van der Waals surface area (Å²) in [6.45, 7) is 5.14. The number of nitrogen functional groups attached to an aromatic ring is 1. The number of nitrogens with zero attached hydrogens (tertiary/aromatic N) is 2. The lowest BCUT2D eigenvalue weighted by molar-refractivity contribution is -0.149. The fraction of sp³-hybridized carbons (Fsp3) is 0.500. The fourth-order valence-electron chi connectivity index (χ4n) is 3.48. The minimum absolute atomic E-state index is 0.101. The molecule has 4 N–H and O–H groups in total. The highest BCUT2D eigenvalue weighted by Crippen LogP contribution is 2.47. The molecule has 15 heteroatoms. The molecule has 1 saturated heterocycles. The zero-order valence-electron chi connectivity index (χ0n) is 20.5. The first kappa shape index (κ1) is 29.2. The average Bonchev–Trinajstić information content (AvgIpc) is 3.03. The van der Waals surface area contributed by atoms with Crippen LogP contribution in [0.5, 0.6) is 5.75 Å². The van der Waals surface area contributed by atoms with Crippen LogP contribution in [0.25, 0.3) is 0 Å². The number of halogens is 2. The minimum atomic E-state index is -4.30. The normalized spacial score (nSPS) is 26.0. The first-order valence-corrected chi connectivity index (χ1v) is 13.6. The van der Waals surface area contributed by atoms with Crippen LogP contribution in [0.15, 0.2) is 45.8 Å². The number of hydrogen-bond acceptors (Lipinski definition) is 10. The van der Waals surface area contributed by atoms with Crippen LogP contribution in [0.2, 0.25) is 0 Å². The van der Waals surface area contributed by atoms with Crippen LogP contribution in [0.4, 0.5) is 10.2 Å². The lowest BCUT2D eigenvalue weighted by Gasteiger charge is -2.25. The molecule has 6 atom stereocenters. The Labute approximate surface area is 221 Å². The number of nitrogens with two attached hydrogens (primary N) is 1.